The fourth-order valence-electron chi connectivity index (χ4n) is 10.0. The molecule has 13 heteroatoms. The van der Waals surface area contributed by atoms with Crippen molar-refractivity contribution >= 4 is 82.6 Å². The summed E-state index contributed by atoms with van der Waals surface area (Å²) in [5, 5.41) is 10.6. The molecule has 6 aliphatic rings. The molecule has 0 unspecified atom stereocenters. The second-order valence-electron chi connectivity index (χ2n) is 22.3. The van der Waals surface area contributed by atoms with Crippen LogP contribution in [0.1, 0.15) is 154 Å². The summed E-state index contributed by atoms with van der Waals surface area (Å²) < 4.78 is 15.4. The Labute approximate surface area is 401 Å². The maximum atomic E-state index is 5.31. The fourth-order valence-corrected chi connectivity index (χ4v) is 29.0. The Morgan fingerprint density at radius 3 is 0.814 bits per heavy atom. The van der Waals surface area contributed by atoms with Crippen LogP contribution in [0.25, 0.3) is 10.6 Å². The van der Waals surface area contributed by atoms with Crippen LogP contribution in [-0.2, 0) is 9.47 Å². The summed E-state index contributed by atoms with van der Waals surface area (Å²) in [5.41, 5.74) is 0. The van der Waals surface area contributed by atoms with E-state index in [-0.39, 0.29) is 37.7 Å². The normalized spacial score (nSPS) is 22.4. The van der Waals surface area contributed by atoms with Gasteiger partial charge >= 0.3 is 37.7 Å². The van der Waals surface area contributed by atoms with Crippen molar-refractivity contribution in [2.75, 3.05) is 26.4 Å². The Morgan fingerprint density at radius 1 is 0.373 bits per heavy atom. The van der Waals surface area contributed by atoms with Crippen molar-refractivity contribution in [1.29, 1.82) is 0 Å². The fraction of sp³-hybridized carbons (Fsp3) is 0.957. The number of guanidine groups is 2. The number of aliphatic imine (C=N–C) groups is 2. The molecule has 0 amide bonds. The van der Waals surface area contributed by atoms with Crippen molar-refractivity contribution in [3.63, 3.8) is 0 Å². The van der Waals surface area contributed by atoms with Gasteiger partial charge in [0.15, 0.2) is 0 Å². The van der Waals surface area contributed by atoms with Gasteiger partial charge in [0.25, 0.3) is 0 Å². The van der Waals surface area contributed by atoms with Crippen molar-refractivity contribution in [2.24, 2.45) is 9.98 Å². The maximum absolute atomic E-state index is 5.31. The molecule has 0 radical (unpaired) electrons. The molecule has 59 heavy (non-hydrogen) atoms. The van der Waals surface area contributed by atoms with Crippen LogP contribution in [-0.4, -0.2) is 142 Å². The molecule has 0 bridgehead atoms. The predicted molar refractivity (Wildman–Crippen MR) is 272 cm³/mol. The quantitative estimate of drug-likeness (QED) is 0.138. The summed E-state index contributed by atoms with van der Waals surface area (Å²) in [6.45, 7) is 33.6. The molecule has 0 spiro atoms. The van der Waals surface area contributed by atoms with Gasteiger partial charge in [-0.1, -0.05) is 156 Å². The molecule has 4 saturated carbocycles. The largest absolute Gasteiger partial charge is 2.00 e. The van der Waals surface area contributed by atoms with E-state index in [1.807, 2.05) is 0 Å². The van der Waals surface area contributed by atoms with Crippen LogP contribution in [0.5, 0.6) is 0 Å². The molecule has 0 N–H and O–H groups in total. The molecule has 4 aliphatic carbocycles. The van der Waals surface area contributed by atoms with Crippen LogP contribution in [0, 0.1) is 0 Å². The molecule has 6 fully saturated rings. The first kappa shape index (κ1) is 55.7. The standard InChI is InChI=1S/2C19H40N3Si2.2C4H8O.Ca/c2*1-23(2,3)22(24(4,5)6)19(20-17-13-9-7-10-14-17)21-18-15-11-8-12-16-18;2*1-2-4-5-3-1;/h2*17-18H,7-16H2,1-6H3;2*1-4H2;/q2*-1;;;+2. The van der Waals surface area contributed by atoms with E-state index in [1.165, 1.54) is 154 Å². The maximum Gasteiger partial charge on any atom is 2.00 e. The Kier molecular flexibility index (Phi) is 26.9. The third-order valence-corrected chi connectivity index (χ3v) is 26.4. The first-order valence-electron chi connectivity index (χ1n) is 24.7. The first-order chi connectivity index (χ1) is 27.4. The van der Waals surface area contributed by atoms with Crippen LogP contribution in [0.4, 0.5) is 0 Å². The molecule has 0 atom stereocenters. The predicted octanol–water partition coefficient (Wildman–Crippen LogP) is 13.9. The van der Waals surface area contributed by atoms with Crippen LogP contribution in [0.2, 0.25) is 78.6 Å². The van der Waals surface area contributed by atoms with Crippen LogP contribution >= 0.6 is 0 Å². The molecule has 8 nitrogen and oxygen atoms in total. The zero-order chi connectivity index (χ0) is 42.7. The van der Waals surface area contributed by atoms with Gasteiger partial charge in [-0.2, -0.15) is 0 Å². The summed E-state index contributed by atoms with van der Waals surface area (Å²) >= 11 is 0. The van der Waals surface area contributed by atoms with Crippen molar-refractivity contribution in [2.45, 2.75) is 257 Å². The van der Waals surface area contributed by atoms with E-state index in [2.05, 4.69) is 87.0 Å². The Morgan fingerprint density at radius 2 is 0.610 bits per heavy atom. The molecule has 0 aromatic carbocycles. The van der Waals surface area contributed by atoms with E-state index in [4.69, 9.17) is 30.1 Å². The number of hydrogen-bond donors (Lipinski definition) is 0. The van der Waals surface area contributed by atoms with Gasteiger partial charge in [0.2, 0.25) is 0 Å². The summed E-state index contributed by atoms with van der Waals surface area (Å²) in [5.74, 6) is 2.32. The van der Waals surface area contributed by atoms with Crippen molar-refractivity contribution in [3.05, 3.63) is 10.6 Å². The molecule has 340 valence electrons. The van der Waals surface area contributed by atoms with E-state index in [9.17, 15) is 0 Å². The van der Waals surface area contributed by atoms with Gasteiger partial charge in [0.05, 0.1) is 32.9 Å². The van der Waals surface area contributed by atoms with Crippen LogP contribution in [0.15, 0.2) is 9.98 Å². The molecule has 2 aliphatic heterocycles. The Balaban J connectivity index is 0.000000323. The molecule has 2 saturated heterocycles. The van der Waals surface area contributed by atoms with Crippen LogP contribution in [0.3, 0.4) is 0 Å². The average Bonchev–Trinajstić information content (AvgIpc) is 3.92. The van der Waals surface area contributed by atoms with E-state index < -0.39 is 32.9 Å². The van der Waals surface area contributed by atoms with E-state index in [0.717, 1.165) is 38.3 Å². The number of hydrogen-bond acceptors (Lipinski definition) is 4. The number of nitrogens with zero attached hydrogens (tertiary/aromatic N) is 6. The zero-order valence-corrected chi connectivity index (χ0v) is 47.5. The van der Waals surface area contributed by atoms with Crippen LogP contribution < -0.4 is 0 Å². The summed E-state index contributed by atoms with van der Waals surface area (Å²) in [6.07, 6.45) is 31.7. The topological polar surface area (TPSA) is 77.9 Å². The minimum absolute atomic E-state index is 0. The third kappa shape index (κ3) is 22.9. The first-order valence-corrected chi connectivity index (χ1v) is 38.5. The van der Waals surface area contributed by atoms with E-state index in [0.29, 0.717) is 24.2 Å². The molecule has 2 heterocycles. The second kappa shape index (κ2) is 28.5. The third-order valence-electron chi connectivity index (χ3n) is 12.2. The van der Waals surface area contributed by atoms with Gasteiger partial charge in [-0.15, -0.1) is 0 Å². The molecule has 0 aromatic rings. The average molecular weight is 918 g/mol. The van der Waals surface area contributed by atoms with E-state index in [1.54, 1.807) is 0 Å². The number of rotatable bonds is 8. The number of ether oxygens (including phenoxy) is 2. The van der Waals surface area contributed by atoms with Crippen molar-refractivity contribution in [1.82, 2.24) is 8.46 Å². The smallest absolute Gasteiger partial charge is 0.450 e. The summed E-state index contributed by atoms with van der Waals surface area (Å²) in [6, 6.07) is 2.10. The molecular weight excluding hydrogens is 821 g/mol. The monoisotopic (exact) mass is 917 g/mol. The van der Waals surface area contributed by atoms with Crippen molar-refractivity contribution < 1.29 is 9.47 Å². The van der Waals surface area contributed by atoms with Gasteiger partial charge in [-0.3, -0.25) is 0 Å². The van der Waals surface area contributed by atoms with E-state index >= 15 is 0 Å². The Bertz CT molecular complexity index is 1020. The summed E-state index contributed by atoms with van der Waals surface area (Å²) in [4.78, 5) is 10.6. The minimum Gasteiger partial charge on any atom is -0.450 e. The molecule has 0 aromatic heterocycles. The second-order valence-corrected chi connectivity index (χ2v) is 42.3. The van der Waals surface area contributed by atoms with Gasteiger partial charge in [-0.25, -0.2) is 0 Å². The van der Waals surface area contributed by atoms with Crippen molar-refractivity contribution in [3.8, 4) is 0 Å². The van der Waals surface area contributed by atoms with Gasteiger partial charge in [0, 0.05) is 38.3 Å². The summed E-state index contributed by atoms with van der Waals surface area (Å²) in [7, 11) is -5.93. The van der Waals surface area contributed by atoms with Gasteiger partial charge in [0.1, 0.15) is 0 Å². The minimum atomic E-state index is -1.48. The molecular formula is C46H96CaN6O2Si4. The zero-order valence-electron chi connectivity index (χ0n) is 41.3. The SMILES string of the molecule is C1CCOC1.C1CCOC1.C[Si](C)(C)N(C(=NC1CCCCC1)[N-]C1CCCCC1)[Si](C)(C)C.C[Si](C)(C)N(C(=NC1CCCCC1)[N-]C1CCCCC1)[Si](C)(C)C.[Ca+2]. The Hall–Kier alpha value is 0.587. The van der Waals surface area contributed by atoms with Gasteiger partial charge in [-0.05, 0) is 101 Å². The molecule has 6 rings (SSSR count). The van der Waals surface area contributed by atoms with Gasteiger partial charge < -0.3 is 38.6 Å².